The van der Waals surface area contributed by atoms with Gasteiger partial charge in [-0.1, -0.05) is 6.92 Å². The highest BCUT2D eigenvalue weighted by atomic mass is 16.5. The van der Waals surface area contributed by atoms with E-state index in [2.05, 4.69) is 22.1 Å². The zero-order valence-electron chi connectivity index (χ0n) is 10.6. The SMILES string of the molecule is CN=C(NC1CC1C)N1CCC(COC)C1. The molecule has 3 atom stereocenters. The van der Waals surface area contributed by atoms with Gasteiger partial charge in [0.05, 0.1) is 6.61 Å². The molecule has 1 saturated carbocycles. The van der Waals surface area contributed by atoms with Gasteiger partial charge in [0.2, 0.25) is 0 Å². The van der Waals surface area contributed by atoms with Crippen molar-refractivity contribution < 1.29 is 4.74 Å². The minimum absolute atomic E-state index is 0.653. The number of nitrogens with zero attached hydrogens (tertiary/aromatic N) is 2. The molecular weight excluding hydrogens is 202 g/mol. The van der Waals surface area contributed by atoms with Gasteiger partial charge in [-0.2, -0.15) is 0 Å². The van der Waals surface area contributed by atoms with Crippen molar-refractivity contribution in [1.29, 1.82) is 0 Å². The molecule has 4 heteroatoms. The van der Waals surface area contributed by atoms with Crippen LogP contribution < -0.4 is 5.32 Å². The molecule has 0 aromatic rings. The highest BCUT2D eigenvalue weighted by molar-refractivity contribution is 5.80. The number of methoxy groups -OCH3 is 1. The summed E-state index contributed by atoms with van der Waals surface area (Å²) in [5, 5.41) is 3.53. The van der Waals surface area contributed by atoms with Crippen LogP contribution in [-0.4, -0.2) is 50.8 Å². The average molecular weight is 225 g/mol. The molecule has 0 amide bonds. The van der Waals surface area contributed by atoms with Crippen molar-refractivity contribution in [2.75, 3.05) is 33.9 Å². The Bertz CT molecular complexity index is 267. The summed E-state index contributed by atoms with van der Waals surface area (Å²) in [5.74, 6) is 2.56. The molecule has 92 valence electrons. The average Bonchev–Trinajstić information content (AvgIpc) is 2.78. The van der Waals surface area contributed by atoms with Crippen molar-refractivity contribution in [1.82, 2.24) is 10.2 Å². The molecule has 4 nitrogen and oxygen atoms in total. The fourth-order valence-electron chi connectivity index (χ4n) is 2.38. The third-order valence-corrected chi connectivity index (χ3v) is 3.62. The number of aliphatic imine (C=N–C) groups is 1. The van der Waals surface area contributed by atoms with Crippen molar-refractivity contribution in [3.63, 3.8) is 0 Å². The second-order valence-electron chi connectivity index (χ2n) is 5.07. The summed E-state index contributed by atoms with van der Waals surface area (Å²) in [6, 6.07) is 0.653. The number of guanidine groups is 1. The van der Waals surface area contributed by atoms with Gasteiger partial charge < -0.3 is 15.0 Å². The number of rotatable bonds is 3. The predicted molar refractivity (Wildman–Crippen MR) is 65.6 cm³/mol. The number of hydrogen-bond acceptors (Lipinski definition) is 2. The summed E-state index contributed by atoms with van der Waals surface area (Å²) in [6.07, 6.45) is 2.50. The van der Waals surface area contributed by atoms with Gasteiger partial charge in [-0.25, -0.2) is 0 Å². The number of ether oxygens (including phenoxy) is 1. The maximum Gasteiger partial charge on any atom is 0.193 e. The number of hydrogen-bond donors (Lipinski definition) is 1. The maximum atomic E-state index is 5.21. The lowest BCUT2D eigenvalue weighted by Crippen LogP contribution is -2.41. The fraction of sp³-hybridized carbons (Fsp3) is 0.917. The fourth-order valence-corrected chi connectivity index (χ4v) is 2.38. The first kappa shape index (κ1) is 11.7. The van der Waals surface area contributed by atoms with Crippen LogP contribution in [0, 0.1) is 11.8 Å². The Hall–Kier alpha value is -0.770. The van der Waals surface area contributed by atoms with Gasteiger partial charge >= 0.3 is 0 Å². The summed E-state index contributed by atoms with van der Waals surface area (Å²) < 4.78 is 5.21. The smallest absolute Gasteiger partial charge is 0.193 e. The van der Waals surface area contributed by atoms with E-state index in [1.165, 1.54) is 12.8 Å². The first-order chi connectivity index (χ1) is 7.74. The van der Waals surface area contributed by atoms with Gasteiger partial charge in [0.1, 0.15) is 0 Å². The highest BCUT2D eigenvalue weighted by Crippen LogP contribution is 2.29. The molecule has 1 saturated heterocycles. The summed E-state index contributed by atoms with van der Waals surface area (Å²) >= 11 is 0. The third-order valence-electron chi connectivity index (χ3n) is 3.62. The third kappa shape index (κ3) is 2.67. The Labute approximate surface area is 98.1 Å². The molecule has 16 heavy (non-hydrogen) atoms. The lowest BCUT2D eigenvalue weighted by molar-refractivity contribution is 0.157. The zero-order valence-corrected chi connectivity index (χ0v) is 10.6. The maximum absolute atomic E-state index is 5.21. The van der Waals surface area contributed by atoms with Gasteiger partial charge in [0.15, 0.2) is 5.96 Å². The summed E-state index contributed by atoms with van der Waals surface area (Å²) in [6.45, 7) is 5.33. The number of likely N-dealkylation sites (tertiary alicyclic amines) is 1. The molecule has 1 aliphatic carbocycles. The van der Waals surface area contributed by atoms with Crippen molar-refractivity contribution in [3.05, 3.63) is 0 Å². The first-order valence-electron chi connectivity index (χ1n) is 6.21. The van der Waals surface area contributed by atoms with Gasteiger partial charge in [-0.3, -0.25) is 4.99 Å². The van der Waals surface area contributed by atoms with Crippen LogP contribution in [0.1, 0.15) is 19.8 Å². The first-order valence-corrected chi connectivity index (χ1v) is 6.21. The van der Waals surface area contributed by atoms with Crippen LogP contribution >= 0.6 is 0 Å². The molecule has 1 N–H and O–H groups in total. The Kier molecular flexibility index (Phi) is 3.69. The lowest BCUT2D eigenvalue weighted by atomic mass is 10.1. The topological polar surface area (TPSA) is 36.9 Å². The van der Waals surface area contributed by atoms with Crippen LogP contribution in [0.2, 0.25) is 0 Å². The molecule has 0 aromatic heterocycles. The molecule has 0 aromatic carbocycles. The van der Waals surface area contributed by atoms with Crippen molar-refractivity contribution in [2.24, 2.45) is 16.8 Å². The molecule has 2 fully saturated rings. The molecule has 0 spiro atoms. The van der Waals surface area contributed by atoms with Crippen molar-refractivity contribution >= 4 is 5.96 Å². The van der Waals surface area contributed by atoms with Crippen LogP contribution in [0.5, 0.6) is 0 Å². The summed E-state index contributed by atoms with van der Waals surface area (Å²) in [4.78, 5) is 6.73. The Morgan fingerprint density at radius 2 is 2.31 bits per heavy atom. The highest BCUT2D eigenvalue weighted by Gasteiger charge is 2.35. The minimum atomic E-state index is 0.653. The van der Waals surface area contributed by atoms with Crippen LogP contribution in [0.3, 0.4) is 0 Å². The second kappa shape index (κ2) is 5.04. The van der Waals surface area contributed by atoms with Crippen molar-refractivity contribution in [2.45, 2.75) is 25.8 Å². The minimum Gasteiger partial charge on any atom is -0.384 e. The predicted octanol–water partition coefficient (Wildman–Crippen LogP) is 0.938. The van der Waals surface area contributed by atoms with E-state index in [-0.39, 0.29) is 0 Å². The van der Waals surface area contributed by atoms with Crippen LogP contribution in [0.25, 0.3) is 0 Å². The molecule has 1 heterocycles. The van der Waals surface area contributed by atoms with Gasteiger partial charge in [0, 0.05) is 39.2 Å². The molecule has 2 rings (SSSR count). The Balaban J connectivity index is 1.81. The quantitative estimate of drug-likeness (QED) is 0.573. The summed E-state index contributed by atoms with van der Waals surface area (Å²) in [7, 11) is 3.65. The van der Waals surface area contributed by atoms with Crippen LogP contribution in [0.4, 0.5) is 0 Å². The lowest BCUT2D eigenvalue weighted by Gasteiger charge is -2.21. The molecule has 2 aliphatic rings. The van der Waals surface area contributed by atoms with Gasteiger partial charge in [-0.15, -0.1) is 0 Å². The van der Waals surface area contributed by atoms with E-state index in [1.54, 1.807) is 7.11 Å². The Morgan fingerprint density at radius 3 is 2.88 bits per heavy atom. The molecular formula is C12H23N3O. The van der Waals surface area contributed by atoms with Crippen LogP contribution in [0.15, 0.2) is 4.99 Å². The van der Waals surface area contributed by atoms with E-state index in [9.17, 15) is 0 Å². The van der Waals surface area contributed by atoms with E-state index >= 15 is 0 Å². The largest absolute Gasteiger partial charge is 0.384 e. The van der Waals surface area contributed by atoms with Gasteiger partial charge in [0.25, 0.3) is 0 Å². The monoisotopic (exact) mass is 225 g/mol. The second-order valence-corrected chi connectivity index (χ2v) is 5.07. The molecule has 0 radical (unpaired) electrons. The van der Waals surface area contributed by atoms with E-state index in [0.717, 1.165) is 31.6 Å². The van der Waals surface area contributed by atoms with E-state index in [4.69, 9.17) is 4.74 Å². The summed E-state index contributed by atoms with van der Waals surface area (Å²) in [5.41, 5.74) is 0. The van der Waals surface area contributed by atoms with Crippen molar-refractivity contribution in [3.8, 4) is 0 Å². The Morgan fingerprint density at radius 1 is 1.56 bits per heavy atom. The number of nitrogens with one attached hydrogen (secondary N) is 1. The van der Waals surface area contributed by atoms with Crippen LogP contribution in [-0.2, 0) is 4.74 Å². The van der Waals surface area contributed by atoms with E-state index in [0.29, 0.717) is 12.0 Å². The molecule has 0 bridgehead atoms. The normalized spacial score (nSPS) is 34.3. The van der Waals surface area contributed by atoms with E-state index in [1.807, 2.05) is 7.05 Å². The van der Waals surface area contributed by atoms with Gasteiger partial charge in [-0.05, 0) is 18.8 Å². The standard InChI is InChI=1S/C12H23N3O/c1-9-6-11(9)14-12(13-2)15-5-4-10(7-15)8-16-3/h9-11H,4-8H2,1-3H3,(H,13,14). The molecule has 3 unspecified atom stereocenters. The zero-order chi connectivity index (χ0) is 11.5. The van der Waals surface area contributed by atoms with E-state index < -0.39 is 0 Å². The molecule has 1 aliphatic heterocycles.